The van der Waals surface area contributed by atoms with Gasteiger partial charge in [0.2, 0.25) is 0 Å². The average molecular weight is 387 g/mol. The van der Waals surface area contributed by atoms with E-state index in [-0.39, 0.29) is 17.8 Å². The van der Waals surface area contributed by atoms with Crippen LogP contribution in [0.1, 0.15) is 29.7 Å². The Kier molecular flexibility index (Phi) is 6.37. The number of nitro benzene ring substituents is 1. The number of anilines is 1. The lowest BCUT2D eigenvalue weighted by Gasteiger charge is -2.16. The van der Waals surface area contributed by atoms with Crippen molar-refractivity contribution in [2.24, 2.45) is 0 Å². The van der Waals surface area contributed by atoms with Crippen molar-refractivity contribution >= 4 is 29.6 Å². The molecule has 0 aliphatic rings. The van der Waals surface area contributed by atoms with Gasteiger partial charge in [0, 0.05) is 17.8 Å². The van der Waals surface area contributed by atoms with E-state index in [2.05, 4.69) is 10.6 Å². The number of urea groups is 1. The molecule has 0 bridgehead atoms. The number of nitrogens with zero attached hydrogens (tertiary/aromatic N) is 1. The number of carbonyl (C=O) groups excluding carboxylic acids is 1. The monoisotopic (exact) mass is 387 g/mol. The number of carbonyl (C=O) groups is 1. The third kappa shape index (κ3) is 5.52. The zero-order valence-electron chi connectivity index (χ0n) is 15.9. The van der Waals surface area contributed by atoms with E-state index in [9.17, 15) is 14.9 Å². The maximum Gasteiger partial charge on any atom is 0.319 e. The zero-order chi connectivity index (χ0) is 20.6. The number of non-ortho nitro benzene ring substituents is 1. The van der Waals surface area contributed by atoms with Gasteiger partial charge in [0.1, 0.15) is 0 Å². The van der Waals surface area contributed by atoms with Crippen molar-refractivity contribution in [2.75, 3.05) is 5.32 Å². The first-order valence-electron chi connectivity index (χ1n) is 9.17. The van der Waals surface area contributed by atoms with E-state index in [0.29, 0.717) is 5.69 Å². The highest BCUT2D eigenvalue weighted by Gasteiger charge is 2.10. The third-order valence-corrected chi connectivity index (χ3v) is 4.42. The lowest BCUT2D eigenvalue weighted by molar-refractivity contribution is -0.384. The van der Waals surface area contributed by atoms with Crippen LogP contribution in [-0.2, 0) is 0 Å². The average Bonchev–Trinajstić information content (AvgIpc) is 2.74. The van der Waals surface area contributed by atoms with Crippen LogP contribution in [0.3, 0.4) is 0 Å². The van der Waals surface area contributed by atoms with Crippen molar-refractivity contribution in [2.45, 2.75) is 13.0 Å². The molecule has 0 aliphatic carbocycles. The Bertz CT molecular complexity index is 1020. The summed E-state index contributed by atoms with van der Waals surface area (Å²) in [6.45, 7) is 1.93. The number of para-hydroxylation sites is 1. The molecule has 0 radical (unpaired) electrons. The van der Waals surface area contributed by atoms with Gasteiger partial charge in [-0.2, -0.15) is 0 Å². The summed E-state index contributed by atoms with van der Waals surface area (Å²) >= 11 is 0. The molecular formula is C23H21N3O3. The Morgan fingerprint density at radius 2 is 1.59 bits per heavy atom. The lowest BCUT2D eigenvalue weighted by Crippen LogP contribution is -2.31. The van der Waals surface area contributed by atoms with Crippen LogP contribution < -0.4 is 10.6 Å². The summed E-state index contributed by atoms with van der Waals surface area (Å²) in [6, 6.07) is 23.0. The lowest BCUT2D eigenvalue weighted by atomic mass is 10.1. The summed E-state index contributed by atoms with van der Waals surface area (Å²) in [6.07, 6.45) is 3.70. The van der Waals surface area contributed by atoms with Gasteiger partial charge in [-0.1, -0.05) is 60.7 Å². The SMILES string of the molecule is C[C@@H](NC(=O)Nc1ccccc1C=Cc1ccc([N+](=O)[O-])cc1)c1ccccc1. The highest BCUT2D eigenvalue weighted by atomic mass is 16.6. The van der Waals surface area contributed by atoms with E-state index in [0.717, 1.165) is 16.7 Å². The Morgan fingerprint density at radius 1 is 0.931 bits per heavy atom. The van der Waals surface area contributed by atoms with Gasteiger partial charge in [0.05, 0.1) is 11.0 Å². The van der Waals surface area contributed by atoms with E-state index < -0.39 is 4.92 Å². The number of hydrogen-bond donors (Lipinski definition) is 2. The summed E-state index contributed by atoms with van der Waals surface area (Å²) in [7, 11) is 0. The van der Waals surface area contributed by atoms with Crippen LogP contribution in [-0.4, -0.2) is 11.0 Å². The molecule has 0 heterocycles. The summed E-state index contributed by atoms with van der Waals surface area (Å²) in [5, 5.41) is 16.6. The zero-order valence-corrected chi connectivity index (χ0v) is 15.9. The van der Waals surface area contributed by atoms with E-state index in [1.165, 1.54) is 12.1 Å². The van der Waals surface area contributed by atoms with Gasteiger partial charge in [0.15, 0.2) is 0 Å². The van der Waals surface area contributed by atoms with Gasteiger partial charge < -0.3 is 10.6 Å². The molecule has 0 saturated heterocycles. The maximum atomic E-state index is 12.4. The van der Waals surface area contributed by atoms with E-state index in [4.69, 9.17) is 0 Å². The van der Waals surface area contributed by atoms with E-state index >= 15 is 0 Å². The normalized spacial score (nSPS) is 11.8. The summed E-state index contributed by atoms with van der Waals surface area (Å²) in [4.78, 5) is 22.7. The molecule has 0 aliphatic heterocycles. The Hall–Kier alpha value is -3.93. The van der Waals surface area contributed by atoms with E-state index in [1.807, 2.05) is 73.7 Å². The van der Waals surface area contributed by atoms with Crippen LogP contribution in [0.25, 0.3) is 12.2 Å². The van der Waals surface area contributed by atoms with Gasteiger partial charge in [-0.05, 0) is 41.8 Å². The molecule has 29 heavy (non-hydrogen) atoms. The first-order chi connectivity index (χ1) is 14.0. The predicted octanol–water partition coefficient (Wildman–Crippen LogP) is 5.65. The Balaban J connectivity index is 1.68. The van der Waals surface area contributed by atoms with Crippen molar-refractivity contribution < 1.29 is 9.72 Å². The number of hydrogen-bond acceptors (Lipinski definition) is 3. The van der Waals surface area contributed by atoms with Crippen LogP contribution in [0, 0.1) is 10.1 Å². The minimum Gasteiger partial charge on any atom is -0.331 e. The van der Waals surface area contributed by atoms with Crippen molar-refractivity contribution in [3.8, 4) is 0 Å². The number of nitrogens with one attached hydrogen (secondary N) is 2. The standard InChI is InChI=1S/C23H21N3O3/c1-17(19-7-3-2-4-8-19)24-23(27)25-22-10-6-5-9-20(22)14-11-18-12-15-21(16-13-18)26(28)29/h2-17H,1H3,(H2,24,25,27)/t17-/m1/s1. The second-order valence-corrected chi connectivity index (χ2v) is 6.50. The highest BCUT2D eigenvalue weighted by Crippen LogP contribution is 2.20. The highest BCUT2D eigenvalue weighted by molar-refractivity contribution is 5.92. The molecular weight excluding hydrogens is 366 g/mol. The van der Waals surface area contributed by atoms with Gasteiger partial charge in [0.25, 0.3) is 5.69 Å². The summed E-state index contributed by atoms with van der Waals surface area (Å²) < 4.78 is 0. The third-order valence-electron chi connectivity index (χ3n) is 4.42. The van der Waals surface area contributed by atoms with Crippen molar-refractivity contribution in [3.05, 3.63) is 106 Å². The fourth-order valence-corrected chi connectivity index (χ4v) is 2.83. The van der Waals surface area contributed by atoms with Crippen LogP contribution >= 0.6 is 0 Å². The van der Waals surface area contributed by atoms with Crippen molar-refractivity contribution in [1.82, 2.24) is 5.32 Å². The minimum atomic E-state index is -0.429. The molecule has 3 aromatic rings. The molecule has 6 nitrogen and oxygen atoms in total. The van der Waals surface area contributed by atoms with Crippen LogP contribution in [0.4, 0.5) is 16.2 Å². The molecule has 0 spiro atoms. The topological polar surface area (TPSA) is 84.3 Å². The van der Waals surface area contributed by atoms with E-state index in [1.54, 1.807) is 12.1 Å². The Labute approximate surface area is 169 Å². The fraction of sp³-hybridized carbons (Fsp3) is 0.0870. The maximum absolute atomic E-state index is 12.4. The largest absolute Gasteiger partial charge is 0.331 e. The fourth-order valence-electron chi connectivity index (χ4n) is 2.83. The quantitative estimate of drug-likeness (QED) is 0.326. The molecule has 1 atom stereocenters. The number of benzene rings is 3. The molecule has 2 N–H and O–H groups in total. The molecule has 146 valence electrons. The molecule has 6 heteroatoms. The first kappa shape index (κ1) is 19.8. The molecule has 0 aromatic heterocycles. The van der Waals surface area contributed by atoms with Gasteiger partial charge in [-0.15, -0.1) is 0 Å². The summed E-state index contributed by atoms with van der Waals surface area (Å²) in [5.41, 5.74) is 3.40. The first-order valence-corrected chi connectivity index (χ1v) is 9.17. The number of amides is 2. The second-order valence-electron chi connectivity index (χ2n) is 6.50. The van der Waals surface area contributed by atoms with Crippen molar-refractivity contribution in [3.63, 3.8) is 0 Å². The van der Waals surface area contributed by atoms with Crippen molar-refractivity contribution in [1.29, 1.82) is 0 Å². The molecule has 3 rings (SSSR count). The van der Waals surface area contributed by atoms with Gasteiger partial charge in [-0.25, -0.2) is 4.79 Å². The van der Waals surface area contributed by atoms with Gasteiger partial charge in [-0.3, -0.25) is 10.1 Å². The second kappa shape index (κ2) is 9.32. The van der Waals surface area contributed by atoms with Crippen LogP contribution in [0.2, 0.25) is 0 Å². The van der Waals surface area contributed by atoms with Crippen LogP contribution in [0.5, 0.6) is 0 Å². The predicted molar refractivity (Wildman–Crippen MR) is 115 cm³/mol. The smallest absolute Gasteiger partial charge is 0.319 e. The van der Waals surface area contributed by atoms with Gasteiger partial charge >= 0.3 is 6.03 Å². The molecule has 0 saturated carbocycles. The number of rotatable bonds is 6. The molecule has 0 unspecified atom stereocenters. The Morgan fingerprint density at radius 3 is 2.28 bits per heavy atom. The van der Waals surface area contributed by atoms with Crippen LogP contribution in [0.15, 0.2) is 78.9 Å². The number of nitro groups is 1. The molecule has 0 fully saturated rings. The minimum absolute atomic E-state index is 0.0495. The molecule has 3 aromatic carbocycles. The molecule has 2 amide bonds. The summed E-state index contributed by atoms with van der Waals surface area (Å²) in [5.74, 6) is 0.